The lowest BCUT2D eigenvalue weighted by atomic mass is 10.0. The zero-order valence-corrected chi connectivity index (χ0v) is 11.3. The summed E-state index contributed by atoms with van der Waals surface area (Å²) in [5, 5.41) is 16.8. The zero-order valence-electron chi connectivity index (χ0n) is 11.3. The molecule has 1 aromatic rings. The Labute approximate surface area is 120 Å². The number of nitro benzene ring substituents is 1. The van der Waals surface area contributed by atoms with Crippen LogP contribution in [0.4, 0.5) is 11.4 Å². The van der Waals surface area contributed by atoms with Gasteiger partial charge in [-0.1, -0.05) is 6.42 Å². The molecule has 0 aromatic heterocycles. The van der Waals surface area contributed by atoms with Gasteiger partial charge in [0, 0.05) is 6.07 Å². The number of piperidine rings is 1. The highest BCUT2D eigenvalue weighted by Crippen LogP contribution is 2.40. The molecular formula is C13H15N3O5. The van der Waals surface area contributed by atoms with Crippen molar-refractivity contribution in [3.05, 3.63) is 22.2 Å². The van der Waals surface area contributed by atoms with Gasteiger partial charge in [-0.25, -0.2) is 0 Å². The van der Waals surface area contributed by atoms with Gasteiger partial charge in [-0.15, -0.1) is 0 Å². The molecule has 2 N–H and O–H groups in total. The van der Waals surface area contributed by atoms with E-state index >= 15 is 0 Å². The minimum atomic E-state index is -0.550. The predicted molar refractivity (Wildman–Crippen MR) is 73.5 cm³/mol. The standard InChI is InChI=1S/C13H15N3O5/c17-13(8-3-1-2-4-14-8)15-9-5-11-12(21-7-20-11)6-10(9)16(18)19/h5-6,8,14H,1-4,7H2,(H,15,17)/t8-/m0/s1. The van der Waals surface area contributed by atoms with Crippen molar-refractivity contribution >= 4 is 17.3 Å². The highest BCUT2D eigenvalue weighted by atomic mass is 16.7. The van der Waals surface area contributed by atoms with Crippen LogP contribution in [0.2, 0.25) is 0 Å². The summed E-state index contributed by atoms with van der Waals surface area (Å²) in [4.78, 5) is 22.7. The van der Waals surface area contributed by atoms with Gasteiger partial charge in [0.15, 0.2) is 11.5 Å². The van der Waals surface area contributed by atoms with Gasteiger partial charge in [0.1, 0.15) is 5.69 Å². The van der Waals surface area contributed by atoms with Crippen molar-refractivity contribution in [2.45, 2.75) is 25.3 Å². The van der Waals surface area contributed by atoms with Crippen LogP contribution in [0.1, 0.15) is 19.3 Å². The van der Waals surface area contributed by atoms with Gasteiger partial charge < -0.3 is 20.1 Å². The maximum atomic E-state index is 12.2. The molecule has 2 aliphatic rings. The number of hydrogen-bond acceptors (Lipinski definition) is 6. The van der Waals surface area contributed by atoms with Crippen molar-refractivity contribution in [1.29, 1.82) is 0 Å². The molecule has 0 radical (unpaired) electrons. The molecule has 1 atom stereocenters. The van der Waals surface area contributed by atoms with Gasteiger partial charge in [0.2, 0.25) is 12.7 Å². The van der Waals surface area contributed by atoms with E-state index in [9.17, 15) is 14.9 Å². The second-order valence-electron chi connectivity index (χ2n) is 4.97. The number of anilines is 1. The van der Waals surface area contributed by atoms with E-state index in [0.29, 0.717) is 11.5 Å². The van der Waals surface area contributed by atoms with Crippen molar-refractivity contribution in [3.63, 3.8) is 0 Å². The Morgan fingerprint density at radius 1 is 1.33 bits per heavy atom. The van der Waals surface area contributed by atoms with Gasteiger partial charge in [0.25, 0.3) is 5.69 Å². The number of ether oxygens (including phenoxy) is 2. The molecule has 2 aliphatic heterocycles. The van der Waals surface area contributed by atoms with E-state index in [1.807, 2.05) is 0 Å². The smallest absolute Gasteiger partial charge is 0.296 e. The lowest BCUT2D eigenvalue weighted by molar-refractivity contribution is -0.384. The fourth-order valence-corrected chi connectivity index (χ4v) is 2.48. The summed E-state index contributed by atoms with van der Waals surface area (Å²) in [6.07, 6.45) is 2.73. The second-order valence-corrected chi connectivity index (χ2v) is 4.97. The molecule has 2 heterocycles. The first-order chi connectivity index (χ1) is 10.1. The number of amides is 1. The molecule has 3 rings (SSSR count). The number of nitrogens with zero attached hydrogens (tertiary/aromatic N) is 1. The topological polar surface area (TPSA) is 103 Å². The average molecular weight is 293 g/mol. The van der Waals surface area contributed by atoms with Crippen LogP contribution in [0.25, 0.3) is 0 Å². The molecule has 112 valence electrons. The number of fused-ring (bicyclic) bond motifs is 1. The summed E-state index contributed by atoms with van der Waals surface area (Å²) in [7, 11) is 0. The Morgan fingerprint density at radius 2 is 2.10 bits per heavy atom. The second kappa shape index (κ2) is 5.57. The molecule has 21 heavy (non-hydrogen) atoms. The van der Waals surface area contributed by atoms with Crippen LogP contribution in [0.15, 0.2) is 12.1 Å². The SMILES string of the molecule is O=C(Nc1cc2c(cc1[N+](=O)[O-])OCO2)[C@@H]1CCCCN1. The van der Waals surface area contributed by atoms with Crippen LogP contribution in [0.5, 0.6) is 11.5 Å². The number of hydrogen-bond donors (Lipinski definition) is 2. The highest BCUT2D eigenvalue weighted by Gasteiger charge is 2.27. The monoisotopic (exact) mass is 293 g/mol. The summed E-state index contributed by atoms with van der Waals surface area (Å²) < 4.78 is 10.3. The van der Waals surface area contributed by atoms with Gasteiger partial charge in [0.05, 0.1) is 17.0 Å². The Kier molecular flexibility index (Phi) is 3.61. The lowest BCUT2D eigenvalue weighted by Gasteiger charge is -2.22. The minimum absolute atomic E-state index is 0.0219. The van der Waals surface area contributed by atoms with E-state index < -0.39 is 4.92 Å². The van der Waals surface area contributed by atoms with Crippen LogP contribution < -0.4 is 20.1 Å². The molecule has 0 unspecified atom stereocenters. The van der Waals surface area contributed by atoms with E-state index in [4.69, 9.17) is 9.47 Å². The largest absolute Gasteiger partial charge is 0.454 e. The Balaban J connectivity index is 1.83. The van der Waals surface area contributed by atoms with E-state index in [0.717, 1.165) is 25.8 Å². The molecule has 0 spiro atoms. The van der Waals surface area contributed by atoms with E-state index in [1.54, 1.807) is 0 Å². The molecular weight excluding hydrogens is 278 g/mol. The van der Waals surface area contributed by atoms with Crippen LogP contribution in [-0.2, 0) is 4.79 Å². The maximum Gasteiger partial charge on any atom is 0.296 e. The van der Waals surface area contributed by atoms with Gasteiger partial charge >= 0.3 is 0 Å². The maximum absolute atomic E-state index is 12.2. The molecule has 0 saturated carbocycles. The van der Waals surface area contributed by atoms with Crippen molar-refractivity contribution in [2.24, 2.45) is 0 Å². The average Bonchev–Trinajstić information content (AvgIpc) is 2.94. The third kappa shape index (κ3) is 2.75. The van der Waals surface area contributed by atoms with Crippen LogP contribution in [-0.4, -0.2) is 30.2 Å². The zero-order chi connectivity index (χ0) is 14.8. The summed E-state index contributed by atoms with van der Waals surface area (Å²) in [5.74, 6) is 0.444. The number of carbonyl (C=O) groups is 1. The first-order valence-electron chi connectivity index (χ1n) is 6.77. The van der Waals surface area contributed by atoms with Crippen LogP contribution in [0, 0.1) is 10.1 Å². The molecule has 1 aromatic carbocycles. The molecule has 1 amide bonds. The third-order valence-electron chi connectivity index (χ3n) is 3.57. The van der Waals surface area contributed by atoms with Crippen molar-refractivity contribution < 1.29 is 19.2 Å². The van der Waals surface area contributed by atoms with Crippen molar-refractivity contribution in [2.75, 3.05) is 18.7 Å². The highest BCUT2D eigenvalue weighted by molar-refractivity contribution is 5.97. The van der Waals surface area contributed by atoms with E-state index in [-0.39, 0.29) is 30.1 Å². The lowest BCUT2D eigenvalue weighted by Crippen LogP contribution is -2.43. The van der Waals surface area contributed by atoms with E-state index in [1.165, 1.54) is 12.1 Å². The fraction of sp³-hybridized carbons (Fsp3) is 0.462. The van der Waals surface area contributed by atoms with E-state index in [2.05, 4.69) is 10.6 Å². The predicted octanol–water partition coefficient (Wildman–Crippen LogP) is 1.40. The number of carbonyl (C=O) groups excluding carboxylic acids is 1. The number of benzene rings is 1. The summed E-state index contributed by atoms with van der Waals surface area (Å²) in [6, 6.07) is 2.39. The third-order valence-corrected chi connectivity index (χ3v) is 3.57. The molecule has 8 nitrogen and oxygen atoms in total. The summed E-state index contributed by atoms with van der Waals surface area (Å²) in [6.45, 7) is 0.801. The number of nitro groups is 1. The number of nitrogens with one attached hydrogen (secondary N) is 2. The summed E-state index contributed by atoms with van der Waals surface area (Å²) in [5.41, 5.74) is -0.0787. The molecule has 0 aliphatic carbocycles. The van der Waals surface area contributed by atoms with Crippen LogP contribution in [0.3, 0.4) is 0 Å². The fourth-order valence-electron chi connectivity index (χ4n) is 2.48. The number of rotatable bonds is 3. The van der Waals surface area contributed by atoms with Crippen LogP contribution >= 0.6 is 0 Å². The quantitative estimate of drug-likeness (QED) is 0.645. The van der Waals surface area contributed by atoms with Gasteiger partial charge in [-0.05, 0) is 19.4 Å². The molecule has 1 fully saturated rings. The van der Waals surface area contributed by atoms with Gasteiger partial charge in [-0.3, -0.25) is 14.9 Å². The normalized spacial score (nSPS) is 20.1. The Bertz CT molecular complexity index is 583. The Morgan fingerprint density at radius 3 is 2.76 bits per heavy atom. The van der Waals surface area contributed by atoms with Crippen molar-refractivity contribution in [3.8, 4) is 11.5 Å². The molecule has 0 bridgehead atoms. The molecule has 1 saturated heterocycles. The first-order valence-corrected chi connectivity index (χ1v) is 6.77. The summed E-state index contributed by atoms with van der Waals surface area (Å²) >= 11 is 0. The molecule has 8 heteroatoms. The minimum Gasteiger partial charge on any atom is -0.454 e. The Hall–Kier alpha value is -2.35. The van der Waals surface area contributed by atoms with Gasteiger partial charge in [-0.2, -0.15) is 0 Å². The first kappa shape index (κ1) is 13.6. The van der Waals surface area contributed by atoms with Crippen molar-refractivity contribution in [1.82, 2.24) is 5.32 Å².